The van der Waals surface area contributed by atoms with Gasteiger partial charge in [-0.3, -0.25) is 0 Å². The molecule has 1 aromatic carbocycles. The SMILES string of the molecule is CCOCCCOCCCCCCCCCCC#Cc1c(F)cc(F)cc1F. The summed E-state index contributed by atoms with van der Waals surface area (Å²) in [7, 11) is 0. The van der Waals surface area contributed by atoms with Gasteiger partial charge in [0.15, 0.2) is 0 Å². The van der Waals surface area contributed by atoms with E-state index in [-0.39, 0.29) is 5.56 Å². The summed E-state index contributed by atoms with van der Waals surface area (Å²) in [6, 6.07) is 1.31. The third kappa shape index (κ3) is 12.0. The highest BCUT2D eigenvalue weighted by molar-refractivity contribution is 5.36. The molecular formula is C23H33F3O2. The van der Waals surface area contributed by atoms with Crippen molar-refractivity contribution >= 4 is 0 Å². The summed E-state index contributed by atoms with van der Waals surface area (Å²) in [5.74, 6) is 2.44. The topological polar surface area (TPSA) is 18.5 Å². The molecule has 5 heteroatoms. The molecule has 0 bridgehead atoms. The minimum absolute atomic E-state index is 0.348. The van der Waals surface area contributed by atoms with Crippen LogP contribution >= 0.6 is 0 Å². The maximum atomic E-state index is 13.4. The van der Waals surface area contributed by atoms with Crippen molar-refractivity contribution in [2.45, 2.75) is 71.1 Å². The van der Waals surface area contributed by atoms with Crippen LogP contribution in [0.15, 0.2) is 12.1 Å². The van der Waals surface area contributed by atoms with E-state index in [4.69, 9.17) is 9.47 Å². The quantitative estimate of drug-likeness (QED) is 0.251. The molecule has 2 nitrogen and oxygen atoms in total. The zero-order valence-electron chi connectivity index (χ0n) is 17.0. The summed E-state index contributed by atoms with van der Waals surface area (Å²) in [6.07, 6.45) is 10.6. The van der Waals surface area contributed by atoms with E-state index < -0.39 is 17.5 Å². The molecule has 1 rings (SSSR count). The number of unbranched alkanes of at least 4 members (excludes halogenated alkanes) is 8. The summed E-state index contributed by atoms with van der Waals surface area (Å²) in [4.78, 5) is 0. The lowest BCUT2D eigenvalue weighted by Crippen LogP contribution is -2.01. The molecular weight excluding hydrogens is 365 g/mol. The molecule has 0 aliphatic heterocycles. The predicted octanol–water partition coefficient (Wildman–Crippen LogP) is 6.41. The first-order valence-corrected chi connectivity index (χ1v) is 10.4. The van der Waals surface area contributed by atoms with E-state index in [2.05, 4.69) is 11.8 Å². The van der Waals surface area contributed by atoms with Gasteiger partial charge in [0.2, 0.25) is 0 Å². The van der Waals surface area contributed by atoms with Gasteiger partial charge in [-0.2, -0.15) is 0 Å². The van der Waals surface area contributed by atoms with Crippen molar-refractivity contribution in [3.8, 4) is 11.8 Å². The van der Waals surface area contributed by atoms with Crippen molar-refractivity contribution in [1.82, 2.24) is 0 Å². The number of halogens is 3. The van der Waals surface area contributed by atoms with Gasteiger partial charge >= 0.3 is 0 Å². The Morgan fingerprint density at radius 3 is 1.89 bits per heavy atom. The van der Waals surface area contributed by atoms with Crippen molar-refractivity contribution < 1.29 is 22.6 Å². The molecule has 0 atom stereocenters. The van der Waals surface area contributed by atoms with Gasteiger partial charge in [0, 0.05) is 45.0 Å². The molecule has 0 spiro atoms. The van der Waals surface area contributed by atoms with Gasteiger partial charge in [0.05, 0.1) is 5.56 Å². The van der Waals surface area contributed by atoms with Crippen molar-refractivity contribution in [1.29, 1.82) is 0 Å². The zero-order valence-corrected chi connectivity index (χ0v) is 17.0. The van der Waals surface area contributed by atoms with Crippen molar-refractivity contribution in [3.05, 3.63) is 35.1 Å². The van der Waals surface area contributed by atoms with Crippen LogP contribution in [0.2, 0.25) is 0 Å². The van der Waals surface area contributed by atoms with E-state index in [1.807, 2.05) is 6.92 Å². The molecule has 0 unspecified atom stereocenters. The Morgan fingerprint density at radius 1 is 0.714 bits per heavy atom. The molecule has 0 heterocycles. The molecule has 0 saturated heterocycles. The monoisotopic (exact) mass is 398 g/mol. The summed E-state index contributed by atoms with van der Waals surface area (Å²) in [5.41, 5.74) is -0.348. The molecule has 0 amide bonds. The number of benzene rings is 1. The normalized spacial score (nSPS) is 10.7. The van der Waals surface area contributed by atoms with E-state index in [1.54, 1.807) is 0 Å². The average molecular weight is 399 g/mol. The minimum Gasteiger partial charge on any atom is -0.382 e. The zero-order chi connectivity index (χ0) is 20.5. The van der Waals surface area contributed by atoms with Crippen LogP contribution in [-0.2, 0) is 9.47 Å². The second-order valence-corrected chi connectivity index (χ2v) is 6.79. The first kappa shape index (κ1) is 24.5. The maximum absolute atomic E-state index is 13.4. The van der Waals surface area contributed by atoms with Crippen LogP contribution in [0.5, 0.6) is 0 Å². The van der Waals surface area contributed by atoms with Gasteiger partial charge in [0.25, 0.3) is 0 Å². The van der Waals surface area contributed by atoms with Crippen molar-refractivity contribution in [2.75, 3.05) is 26.4 Å². The standard InChI is InChI=1S/C23H33F3O2/c1-2-27-16-13-17-28-15-12-10-8-6-4-3-5-7-9-11-14-21-22(25)18-20(24)19-23(21)26/h18-19H,2-10,12-13,15-17H2,1H3. The second kappa shape index (κ2) is 16.4. The van der Waals surface area contributed by atoms with E-state index in [0.717, 1.165) is 58.5 Å². The Morgan fingerprint density at radius 2 is 1.25 bits per heavy atom. The van der Waals surface area contributed by atoms with Gasteiger partial charge < -0.3 is 9.47 Å². The highest BCUT2D eigenvalue weighted by atomic mass is 19.1. The van der Waals surface area contributed by atoms with Gasteiger partial charge in [-0.15, -0.1) is 0 Å². The Labute approximate surface area is 167 Å². The molecule has 0 aliphatic carbocycles. The maximum Gasteiger partial charge on any atom is 0.144 e. The number of rotatable bonds is 15. The third-order valence-corrected chi connectivity index (χ3v) is 4.34. The lowest BCUT2D eigenvalue weighted by Gasteiger charge is -2.04. The number of hydrogen-bond acceptors (Lipinski definition) is 2. The Bertz CT molecular complexity index is 570. The van der Waals surface area contributed by atoms with E-state index >= 15 is 0 Å². The molecule has 0 fully saturated rings. The van der Waals surface area contributed by atoms with Crippen LogP contribution in [0, 0.1) is 29.3 Å². The summed E-state index contributed by atoms with van der Waals surface area (Å²) >= 11 is 0. The lowest BCUT2D eigenvalue weighted by atomic mass is 10.1. The molecule has 1 aromatic rings. The highest BCUT2D eigenvalue weighted by Crippen LogP contribution is 2.14. The average Bonchev–Trinajstić information content (AvgIpc) is 2.66. The summed E-state index contributed by atoms with van der Waals surface area (Å²) < 4.78 is 50.5. The van der Waals surface area contributed by atoms with Gasteiger partial charge in [-0.1, -0.05) is 50.4 Å². The highest BCUT2D eigenvalue weighted by Gasteiger charge is 2.08. The molecule has 28 heavy (non-hydrogen) atoms. The van der Waals surface area contributed by atoms with Gasteiger partial charge in [-0.25, -0.2) is 13.2 Å². The lowest BCUT2D eigenvalue weighted by molar-refractivity contribution is 0.0860. The Kier molecular flexibility index (Phi) is 14.4. The van der Waals surface area contributed by atoms with E-state index in [0.29, 0.717) is 18.6 Å². The molecule has 158 valence electrons. The van der Waals surface area contributed by atoms with Crippen LogP contribution in [0.3, 0.4) is 0 Å². The largest absolute Gasteiger partial charge is 0.382 e. The van der Waals surface area contributed by atoms with E-state index in [1.165, 1.54) is 25.7 Å². The molecule has 0 aromatic heterocycles. The summed E-state index contributed by atoms with van der Waals surface area (Å²) in [6.45, 7) is 5.16. The van der Waals surface area contributed by atoms with Crippen LogP contribution in [0.4, 0.5) is 13.2 Å². The molecule has 0 saturated carbocycles. The molecule has 0 aliphatic rings. The van der Waals surface area contributed by atoms with E-state index in [9.17, 15) is 13.2 Å². The fourth-order valence-electron chi connectivity index (χ4n) is 2.80. The smallest absolute Gasteiger partial charge is 0.144 e. The first-order chi connectivity index (χ1) is 13.6. The number of ether oxygens (including phenoxy) is 2. The Hall–Kier alpha value is -1.51. The van der Waals surface area contributed by atoms with Crippen LogP contribution in [0.1, 0.15) is 76.7 Å². The van der Waals surface area contributed by atoms with Crippen LogP contribution in [0.25, 0.3) is 0 Å². The molecule has 0 N–H and O–H groups in total. The van der Waals surface area contributed by atoms with Crippen LogP contribution in [-0.4, -0.2) is 26.4 Å². The summed E-state index contributed by atoms with van der Waals surface area (Å²) in [5, 5.41) is 0. The van der Waals surface area contributed by atoms with Crippen molar-refractivity contribution in [2.24, 2.45) is 0 Å². The Balaban J connectivity index is 1.92. The van der Waals surface area contributed by atoms with Crippen LogP contribution < -0.4 is 0 Å². The number of hydrogen-bond donors (Lipinski definition) is 0. The minimum atomic E-state index is -0.944. The second-order valence-electron chi connectivity index (χ2n) is 6.79. The van der Waals surface area contributed by atoms with Crippen molar-refractivity contribution in [3.63, 3.8) is 0 Å². The van der Waals surface area contributed by atoms with Gasteiger partial charge in [-0.05, 0) is 26.2 Å². The fourth-order valence-corrected chi connectivity index (χ4v) is 2.80. The first-order valence-electron chi connectivity index (χ1n) is 10.4. The fraction of sp³-hybridized carbons (Fsp3) is 0.652. The predicted molar refractivity (Wildman–Crippen MR) is 107 cm³/mol. The molecule has 0 radical (unpaired) electrons. The third-order valence-electron chi connectivity index (χ3n) is 4.34. The van der Waals surface area contributed by atoms with Gasteiger partial charge in [0.1, 0.15) is 17.5 Å².